The molecule has 1 saturated carbocycles. The monoisotopic (exact) mass is 283 g/mol. The molecule has 3 nitrogen and oxygen atoms in total. The smallest absolute Gasteiger partial charge is 0.306 e. The van der Waals surface area contributed by atoms with Crippen LogP contribution < -0.4 is 5.32 Å². The topological polar surface area (TPSA) is 38.3 Å². The molecular formula is C12H20ClF2NO2. The maximum Gasteiger partial charge on any atom is 0.306 e. The van der Waals surface area contributed by atoms with E-state index in [2.05, 4.69) is 5.32 Å². The summed E-state index contributed by atoms with van der Waals surface area (Å²) in [6, 6.07) is 0. The van der Waals surface area contributed by atoms with Crippen molar-refractivity contribution < 1.29 is 18.3 Å². The summed E-state index contributed by atoms with van der Waals surface area (Å²) in [6.45, 7) is 3.56. The number of nitrogens with one attached hydrogen (secondary N) is 1. The van der Waals surface area contributed by atoms with Crippen LogP contribution in [-0.2, 0) is 9.53 Å². The predicted octanol–water partition coefficient (Wildman–Crippen LogP) is 2.24. The lowest BCUT2D eigenvalue weighted by Crippen LogP contribution is -2.29. The van der Waals surface area contributed by atoms with Crippen LogP contribution in [0.5, 0.6) is 0 Å². The Morgan fingerprint density at radius 2 is 2.00 bits per heavy atom. The quantitative estimate of drug-likeness (QED) is 0.804. The molecule has 1 heterocycles. The van der Waals surface area contributed by atoms with Crippen LogP contribution in [0.15, 0.2) is 0 Å². The van der Waals surface area contributed by atoms with Gasteiger partial charge in [0.05, 0.1) is 13.0 Å². The molecule has 2 rings (SSSR count). The minimum Gasteiger partial charge on any atom is -0.466 e. The zero-order valence-corrected chi connectivity index (χ0v) is 11.3. The summed E-state index contributed by atoms with van der Waals surface area (Å²) in [7, 11) is 0. The summed E-state index contributed by atoms with van der Waals surface area (Å²) < 4.78 is 32.0. The van der Waals surface area contributed by atoms with Gasteiger partial charge in [0, 0.05) is 11.8 Å². The predicted molar refractivity (Wildman–Crippen MR) is 66.0 cm³/mol. The van der Waals surface area contributed by atoms with Gasteiger partial charge < -0.3 is 10.1 Å². The third kappa shape index (κ3) is 3.12. The molecule has 2 atom stereocenters. The van der Waals surface area contributed by atoms with E-state index in [9.17, 15) is 13.6 Å². The minimum absolute atomic E-state index is 0. The van der Waals surface area contributed by atoms with Crippen molar-refractivity contribution in [1.82, 2.24) is 5.32 Å². The molecule has 1 aliphatic carbocycles. The molecule has 18 heavy (non-hydrogen) atoms. The third-order valence-corrected chi connectivity index (χ3v) is 3.85. The van der Waals surface area contributed by atoms with Gasteiger partial charge in [-0.1, -0.05) is 0 Å². The van der Waals surface area contributed by atoms with Crippen LogP contribution in [0.4, 0.5) is 8.78 Å². The molecule has 0 radical (unpaired) electrons. The average Bonchev–Trinajstić information content (AvgIpc) is 2.82. The molecule has 1 saturated heterocycles. The molecule has 0 spiro atoms. The van der Waals surface area contributed by atoms with E-state index in [1.165, 1.54) is 0 Å². The fourth-order valence-electron chi connectivity index (χ4n) is 2.93. The first kappa shape index (κ1) is 15.6. The van der Waals surface area contributed by atoms with Gasteiger partial charge in [-0.15, -0.1) is 12.4 Å². The van der Waals surface area contributed by atoms with Crippen molar-refractivity contribution in [2.24, 2.45) is 17.8 Å². The molecule has 1 N–H and O–H groups in total. The Morgan fingerprint density at radius 3 is 2.56 bits per heavy atom. The third-order valence-electron chi connectivity index (χ3n) is 3.85. The number of alkyl halides is 2. The highest BCUT2D eigenvalue weighted by atomic mass is 35.5. The molecule has 0 amide bonds. The highest BCUT2D eigenvalue weighted by molar-refractivity contribution is 5.85. The number of piperidine rings is 1. The van der Waals surface area contributed by atoms with E-state index < -0.39 is 23.7 Å². The van der Waals surface area contributed by atoms with Crippen molar-refractivity contribution in [3.05, 3.63) is 0 Å². The van der Waals surface area contributed by atoms with Crippen LogP contribution in [0.2, 0.25) is 0 Å². The van der Waals surface area contributed by atoms with Crippen LogP contribution in [0, 0.1) is 17.8 Å². The summed E-state index contributed by atoms with van der Waals surface area (Å²) in [5.41, 5.74) is 0. The lowest BCUT2D eigenvalue weighted by Gasteiger charge is -2.22. The van der Waals surface area contributed by atoms with Crippen LogP contribution in [0.25, 0.3) is 0 Å². The van der Waals surface area contributed by atoms with Gasteiger partial charge in [0.15, 0.2) is 0 Å². The van der Waals surface area contributed by atoms with E-state index in [4.69, 9.17) is 4.74 Å². The highest BCUT2D eigenvalue weighted by Crippen LogP contribution is 2.62. The van der Waals surface area contributed by atoms with Gasteiger partial charge in [0.2, 0.25) is 0 Å². The Kier molecular flexibility index (Phi) is 5.34. The Labute approximate surface area is 112 Å². The largest absolute Gasteiger partial charge is 0.466 e. The molecule has 0 bridgehead atoms. The second-order valence-electron chi connectivity index (χ2n) is 4.90. The lowest BCUT2D eigenvalue weighted by atomic mass is 9.91. The van der Waals surface area contributed by atoms with Crippen LogP contribution in [0.1, 0.15) is 26.2 Å². The number of esters is 1. The molecule has 2 aliphatic rings. The van der Waals surface area contributed by atoms with Gasteiger partial charge in [0.1, 0.15) is 0 Å². The summed E-state index contributed by atoms with van der Waals surface area (Å²) in [6.07, 6.45) is 1.45. The zero-order chi connectivity index (χ0) is 12.5. The van der Waals surface area contributed by atoms with E-state index in [1.54, 1.807) is 6.92 Å². The first-order valence-corrected chi connectivity index (χ1v) is 6.31. The standard InChI is InChI=1S/C12H19F2NO2.ClH/c1-2-17-10(16)7-9-11(12(9,13)14)8-3-5-15-6-4-8;/h8-9,11,15H,2-7H2,1H3;1H. The van der Waals surface area contributed by atoms with Crippen molar-refractivity contribution in [2.75, 3.05) is 19.7 Å². The fraction of sp³-hybridized carbons (Fsp3) is 0.917. The minimum atomic E-state index is -2.66. The molecule has 2 fully saturated rings. The van der Waals surface area contributed by atoms with Crippen molar-refractivity contribution in [3.8, 4) is 0 Å². The summed E-state index contributed by atoms with van der Waals surface area (Å²) >= 11 is 0. The maximum atomic E-state index is 13.6. The van der Waals surface area contributed by atoms with Crippen LogP contribution in [0.3, 0.4) is 0 Å². The Bertz CT molecular complexity index is 296. The number of rotatable bonds is 4. The van der Waals surface area contributed by atoms with E-state index >= 15 is 0 Å². The average molecular weight is 284 g/mol. The van der Waals surface area contributed by atoms with Crippen molar-refractivity contribution in [1.29, 1.82) is 0 Å². The molecule has 106 valence electrons. The number of halogens is 3. The van der Waals surface area contributed by atoms with Gasteiger partial charge in [-0.05, 0) is 38.8 Å². The Morgan fingerprint density at radius 1 is 1.39 bits per heavy atom. The van der Waals surface area contributed by atoms with Gasteiger partial charge in [-0.3, -0.25) is 4.79 Å². The van der Waals surface area contributed by atoms with Crippen LogP contribution >= 0.6 is 12.4 Å². The molecule has 0 aromatic carbocycles. The molecule has 6 heteroatoms. The molecular weight excluding hydrogens is 264 g/mol. The SMILES string of the molecule is CCOC(=O)CC1C(C2CCNCC2)C1(F)F.Cl. The van der Waals surface area contributed by atoms with E-state index in [0.717, 1.165) is 25.9 Å². The van der Waals surface area contributed by atoms with E-state index in [1.807, 2.05) is 0 Å². The highest BCUT2D eigenvalue weighted by Gasteiger charge is 2.70. The summed E-state index contributed by atoms with van der Waals surface area (Å²) in [5, 5.41) is 3.16. The van der Waals surface area contributed by atoms with Gasteiger partial charge in [0.25, 0.3) is 5.92 Å². The molecule has 0 aromatic heterocycles. The van der Waals surface area contributed by atoms with Crippen LogP contribution in [-0.4, -0.2) is 31.6 Å². The molecule has 1 aliphatic heterocycles. The lowest BCUT2D eigenvalue weighted by molar-refractivity contribution is -0.144. The van der Waals surface area contributed by atoms with Gasteiger partial charge >= 0.3 is 5.97 Å². The van der Waals surface area contributed by atoms with E-state index in [0.29, 0.717) is 0 Å². The van der Waals surface area contributed by atoms with Gasteiger partial charge in [-0.2, -0.15) is 0 Å². The normalized spacial score (nSPS) is 30.4. The van der Waals surface area contributed by atoms with E-state index in [-0.39, 0.29) is 31.4 Å². The first-order valence-electron chi connectivity index (χ1n) is 6.31. The second kappa shape index (κ2) is 6.15. The Hall–Kier alpha value is -0.420. The molecule has 0 aromatic rings. The van der Waals surface area contributed by atoms with Crippen molar-refractivity contribution in [2.45, 2.75) is 32.1 Å². The zero-order valence-electron chi connectivity index (χ0n) is 10.5. The van der Waals surface area contributed by atoms with Crippen molar-refractivity contribution >= 4 is 18.4 Å². The summed E-state index contributed by atoms with van der Waals surface area (Å²) in [4.78, 5) is 11.2. The number of ether oxygens (including phenoxy) is 1. The Balaban J connectivity index is 0.00000162. The fourth-order valence-corrected chi connectivity index (χ4v) is 2.93. The second-order valence-corrected chi connectivity index (χ2v) is 4.90. The number of hydrogen-bond donors (Lipinski definition) is 1. The number of carbonyl (C=O) groups excluding carboxylic acids is 1. The summed E-state index contributed by atoms with van der Waals surface area (Å²) in [5.74, 6) is -4.48. The maximum absolute atomic E-state index is 13.6. The number of hydrogen-bond acceptors (Lipinski definition) is 3. The molecule has 2 unspecified atom stereocenters. The van der Waals surface area contributed by atoms with Gasteiger partial charge in [-0.25, -0.2) is 8.78 Å². The first-order chi connectivity index (χ1) is 8.07. The number of carbonyl (C=O) groups is 1. The van der Waals surface area contributed by atoms with Crippen molar-refractivity contribution in [3.63, 3.8) is 0 Å².